The van der Waals surface area contributed by atoms with Gasteiger partial charge in [-0.05, 0) is 19.8 Å². The van der Waals surface area contributed by atoms with Gasteiger partial charge in [0.2, 0.25) is 5.91 Å². The van der Waals surface area contributed by atoms with Crippen LogP contribution in [0.3, 0.4) is 0 Å². The molecule has 136 valence electrons. The highest BCUT2D eigenvalue weighted by Gasteiger charge is 2.24. The van der Waals surface area contributed by atoms with E-state index in [4.69, 9.17) is 10.2 Å². The molecule has 0 aliphatic heterocycles. The van der Waals surface area contributed by atoms with Crippen molar-refractivity contribution in [2.45, 2.75) is 90.5 Å². The molecule has 5 nitrogen and oxygen atoms in total. The first-order valence-corrected chi connectivity index (χ1v) is 9.17. The third-order valence-electron chi connectivity index (χ3n) is 4.20. The average molecular weight is 329 g/mol. The summed E-state index contributed by atoms with van der Waals surface area (Å²) in [7, 11) is 0. The molecule has 0 radical (unpaired) electrons. The van der Waals surface area contributed by atoms with Gasteiger partial charge in [0.1, 0.15) is 6.04 Å². The number of hydrogen-bond donors (Lipinski definition) is 2. The van der Waals surface area contributed by atoms with Gasteiger partial charge in [-0.15, -0.1) is 0 Å². The zero-order valence-electron chi connectivity index (χ0n) is 14.9. The summed E-state index contributed by atoms with van der Waals surface area (Å²) in [5.41, 5.74) is 0. The van der Waals surface area contributed by atoms with E-state index in [0.717, 1.165) is 19.3 Å². The molecule has 0 aliphatic carbocycles. The van der Waals surface area contributed by atoms with Crippen molar-refractivity contribution in [1.82, 2.24) is 4.90 Å². The molecule has 0 aliphatic rings. The number of aliphatic hydroxyl groups excluding tert-OH is 1. The lowest BCUT2D eigenvalue weighted by molar-refractivity contribution is -0.149. The third-order valence-corrected chi connectivity index (χ3v) is 4.20. The molecule has 0 aromatic heterocycles. The van der Waals surface area contributed by atoms with Gasteiger partial charge in [0, 0.05) is 19.6 Å². The molecule has 0 heterocycles. The van der Waals surface area contributed by atoms with Crippen LogP contribution in [0.1, 0.15) is 84.5 Å². The van der Waals surface area contributed by atoms with Crippen molar-refractivity contribution in [2.24, 2.45) is 0 Å². The molecule has 0 saturated heterocycles. The highest BCUT2D eigenvalue weighted by molar-refractivity contribution is 5.83. The molecule has 1 unspecified atom stereocenters. The van der Waals surface area contributed by atoms with Crippen LogP contribution in [0.15, 0.2) is 0 Å². The Balaban J connectivity index is 3.88. The Bertz CT molecular complexity index is 320. The van der Waals surface area contributed by atoms with Crippen molar-refractivity contribution in [3.05, 3.63) is 0 Å². The fourth-order valence-corrected chi connectivity index (χ4v) is 2.64. The van der Waals surface area contributed by atoms with Crippen molar-refractivity contribution in [2.75, 3.05) is 13.2 Å². The first-order chi connectivity index (χ1) is 11.0. The minimum atomic E-state index is -0.997. The second kappa shape index (κ2) is 14.5. The molecular weight excluding hydrogens is 294 g/mol. The average Bonchev–Trinajstić information content (AvgIpc) is 2.53. The lowest BCUT2D eigenvalue weighted by Gasteiger charge is -2.26. The second-order valence-electron chi connectivity index (χ2n) is 6.26. The number of carboxylic acid groups (broad SMARTS) is 1. The Labute approximate surface area is 141 Å². The van der Waals surface area contributed by atoms with E-state index in [1.54, 1.807) is 0 Å². The van der Waals surface area contributed by atoms with E-state index < -0.39 is 12.0 Å². The summed E-state index contributed by atoms with van der Waals surface area (Å²) in [5, 5.41) is 18.0. The van der Waals surface area contributed by atoms with Crippen LogP contribution in [0.5, 0.6) is 0 Å². The van der Waals surface area contributed by atoms with Crippen molar-refractivity contribution in [1.29, 1.82) is 0 Å². The fraction of sp³-hybridized carbons (Fsp3) is 0.889. The fourth-order valence-electron chi connectivity index (χ4n) is 2.64. The van der Waals surface area contributed by atoms with Crippen molar-refractivity contribution >= 4 is 11.9 Å². The molecule has 0 bridgehead atoms. The Hall–Kier alpha value is -1.10. The SMILES string of the molecule is CCCCCCCCCCCC(=O)N(CCCO)C(C)C(=O)O. The number of amides is 1. The molecule has 0 aromatic rings. The Kier molecular flexibility index (Phi) is 13.8. The third kappa shape index (κ3) is 11.1. The second-order valence-corrected chi connectivity index (χ2v) is 6.26. The van der Waals surface area contributed by atoms with E-state index in [1.165, 1.54) is 50.3 Å². The van der Waals surface area contributed by atoms with Gasteiger partial charge in [-0.1, -0.05) is 58.3 Å². The predicted octanol–water partition coefficient (Wildman–Crippen LogP) is 3.59. The molecule has 0 saturated carbocycles. The smallest absolute Gasteiger partial charge is 0.326 e. The minimum Gasteiger partial charge on any atom is -0.480 e. The van der Waals surface area contributed by atoms with Gasteiger partial charge in [-0.2, -0.15) is 0 Å². The maximum atomic E-state index is 12.2. The summed E-state index contributed by atoms with van der Waals surface area (Å²) in [6.45, 7) is 4.01. The summed E-state index contributed by atoms with van der Waals surface area (Å²) >= 11 is 0. The first-order valence-electron chi connectivity index (χ1n) is 9.17. The summed E-state index contributed by atoms with van der Waals surface area (Å²) in [6, 6.07) is -0.826. The molecule has 1 atom stereocenters. The Morgan fingerprint density at radius 2 is 1.43 bits per heavy atom. The van der Waals surface area contributed by atoms with Crippen LogP contribution in [-0.4, -0.2) is 46.2 Å². The zero-order valence-corrected chi connectivity index (χ0v) is 14.9. The van der Waals surface area contributed by atoms with Gasteiger partial charge in [0.15, 0.2) is 0 Å². The number of unbranched alkanes of at least 4 members (excludes halogenated alkanes) is 8. The van der Waals surface area contributed by atoms with Gasteiger partial charge in [-0.25, -0.2) is 4.79 Å². The van der Waals surface area contributed by atoms with Crippen molar-refractivity contribution < 1.29 is 19.8 Å². The number of carboxylic acids is 1. The highest BCUT2D eigenvalue weighted by atomic mass is 16.4. The predicted molar refractivity (Wildman–Crippen MR) is 92.4 cm³/mol. The monoisotopic (exact) mass is 329 g/mol. The van der Waals surface area contributed by atoms with Gasteiger partial charge in [0.05, 0.1) is 0 Å². The Morgan fingerprint density at radius 1 is 0.913 bits per heavy atom. The lowest BCUT2D eigenvalue weighted by atomic mass is 10.1. The number of carbonyl (C=O) groups excluding carboxylic acids is 1. The highest BCUT2D eigenvalue weighted by Crippen LogP contribution is 2.12. The van der Waals surface area contributed by atoms with Crippen LogP contribution in [0.4, 0.5) is 0 Å². The van der Waals surface area contributed by atoms with Crippen LogP contribution in [0.25, 0.3) is 0 Å². The van der Waals surface area contributed by atoms with Crippen LogP contribution < -0.4 is 0 Å². The number of carbonyl (C=O) groups is 2. The molecule has 5 heteroatoms. The van der Waals surface area contributed by atoms with Gasteiger partial charge < -0.3 is 15.1 Å². The van der Waals surface area contributed by atoms with Gasteiger partial charge in [0.25, 0.3) is 0 Å². The number of nitrogens with zero attached hydrogens (tertiary/aromatic N) is 1. The van der Waals surface area contributed by atoms with Crippen LogP contribution in [0.2, 0.25) is 0 Å². The van der Waals surface area contributed by atoms with Gasteiger partial charge >= 0.3 is 5.97 Å². The van der Waals surface area contributed by atoms with E-state index in [2.05, 4.69) is 6.92 Å². The quantitative estimate of drug-likeness (QED) is 0.450. The van der Waals surface area contributed by atoms with Crippen molar-refractivity contribution in [3.8, 4) is 0 Å². The molecular formula is C18H35NO4. The largest absolute Gasteiger partial charge is 0.480 e. The number of rotatable bonds is 15. The first kappa shape index (κ1) is 21.9. The van der Waals surface area contributed by atoms with Gasteiger partial charge in [-0.3, -0.25) is 4.79 Å². The maximum absolute atomic E-state index is 12.2. The summed E-state index contributed by atoms with van der Waals surface area (Å²) in [5.74, 6) is -1.11. The molecule has 0 fully saturated rings. The van der Waals surface area contributed by atoms with Crippen LogP contribution in [-0.2, 0) is 9.59 Å². The summed E-state index contributed by atoms with van der Waals surface area (Å²) < 4.78 is 0. The standard InChI is InChI=1S/C18H35NO4/c1-3-4-5-6-7-8-9-10-11-13-17(21)19(14-12-15-20)16(2)18(22)23/h16,20H,3-15H2,1-2H3,(H,22,23). The summed E-state index contributed by atoms with van der Waals surface area (Å²) in [6.07, 6.45) is 11.5. The molecule has 2 N–H and O–H groups in total. The van der Waals surface area contributed by atoms with Crippen LogP contribution in [0, 0.1) is 0 Å². The van der Waals surface area contributed by atoms with E-state index in [9.17, 15) is 9.59 Å². The molecule has 0 aromatic carbocycles. The number of hydrogen-bond acceptors (Lipinski definition) is 3. The van der Waals surface area contributed by atoms with Crippen LogP contribution >= 0.6 is 0 Å². The van der Waals surface area contributed by atoms with Crippen molar-refractivity contribution in [3.63, 3.8) is 0 Å². The van der Waals surface area contributed by atoms with E-state index >= 15 is 0 Å². The molecule has 23 heavy (non-hydrogen) atoms. The lowest BCUT2D eigenvalue weighted by Crippen LogP contribution is -2.43. The Morgan fingerprint density at radius 3 is 1.91 bits per heavy atom. The zero-order chi connectivity index (χ0) is 17.5. The number of aliphatic hydroxyl groups is 1. The summed E-state index contributed by atoms with van der Waals surface area (Å²) in [4.78, 5) is 24.6. The van der Waals surface area contributed by atoms with E-state index in [0.29, 0.717) is 19.4 Å². The maximum Gasteiger partial charge on any atom is 0.326 e. The molecule has 0 spiro atoms. The van der Waals surface area contributed by atoms with E-state index in [-0.39, 0.29) is 12.5 Å². The molecule has 0 rings (SSSR count). The van der Waals surface area contributed by atoms with E-state index in [1.807, 2.05) is 0 Å². The minimum absolute atomic E-state index is 0.0336. The normalized spacial score (nSPS) is 12.1. The topological polar surface area (TPSA) is 77.8 Å². The number of aliphatic carboxylic acids is 1. The molecule has 1 amide bonds.